The van der Waals surface area contributed by atoms with Crippen LogP contribution in [-0.2, 0) is 33.2 Å². The van der Waals surface area contributed by atoms with Gasteiger partial charge in [-0.1, -0.05) is 309 Å². The van der Waals surface area contributed by atoms with E-state index >= 15 is 0 Å². The van der Waals surface area contributed by atoms with Crippen LogP contribution in [0.25, 0.3) is 0 Å². The van der Waals surface area contributed by atoms with E-state index in [-0.39, 0.29) is 18.9 Å². The lowest BCUT2D eigenvalue weighted by atomic mass is 9.96. The largest absolute Gasteiger partial charge is 0.394 e. The topological polar surface area (TPSA) is 307 Å². The monoisotopic (exact) mass is 1320 g/mol. The van der Waals surface area contributed by atoms with Crippen LogP contribution >= 0.6 is 0 Å². The highest BCUT2D eigenvalue weighted by molar-refractivity contribution is 5.76. The Balaban J connectivity index is 1.32. The minimum absolute atomic E-state index is 0.235. The molecule has 0 aliphatic carbocycles. The van der Waals surface area contributed by atoms with Gasteiger partial charge in [-0.2, -0.15) is 0 Å². The fourth-order valence-corrected chi connectivity index (χ4v) is 13.5. The molecule has 3 aliphatic heterocycles. The summed E-state index contributed by atoms with van der Waals surface area (Å²) in [6.07, 6.45) is 35.0. The van der Waals surface area contributed by atoms with Gasteiger partial charge in [0.2, 0.25) is 5.91 Å². The van der Waals surface area contributed by atoms with Gasteiger partial charge in [0.25, 0.3) is 0 Å². The standard InChI is InChI=1S/C73H141NO18/c1-3-5-7-9-11-13-15-17-19-20-21-22-23-24-25-26-27-28-29-30-31-32-33-34-35-36-37-39-41-43-45-47-49-51-61(79)74-56(57(78)50-48-46-44-42-40-38-18-16-14-12-10-8-6-4-2)55-87-71-67(85)64(82)69(59(53-76)89-71)92-73-68(86)65(83)70(60(54-77)90-73)91-72-66(84)63(81)62(80)58(52-75)88-72/h56-60,62-73,75-78,80-86H,3-55H2,1-2H3,(H,74,79). The maximum atomic E-state index is 13.4. The number of unbranched alkanes of at least 4 members (excludes halogenated alkanes) is 45. The molecule has 0 bridgehead atoms. The quantitative estimate of drug-likeness (QED) is 0.0252. The number of carbonyl (C=O) groups excluding carboxylic acids is 1. The zero-order chi connectivity index (χ0) is 66.8. The molecule has 17 atom stereocenters. The van der Waals surface area contributed by atoms with Gasteiger partial charge in [0, 0.05) is 6.42 Å². The van der Waals surface area contributed by atoms with Gasteiger partial charge in [-0.15, -0.1) is 0 Å². The van der Waals surface area contributed by atoms with Gasteiger partial charge >= 0.3 is 0 Å². The molecule has 3 fully saturated rings. The van der Waals surface area contributed by atoms with Crippen molar-refractivity contribution in [3.63, 3.8) is 0 Å². The van der Waals surface area contributed by atoms with Crippen LogP contribution in [0.2, 0.25) is 0 Å². The Morgan fingerprint density at radius 2 is 0.620 bits per heavy atom. The summed E-state index contributed by atoms with van der Waals surface area (Å²) in [6.45, 7) is 1.84. The number of aliphatic hydroxyl groups excluding tert-OH is 11. The van der Waals surface area contributed by atoms with Gasteiger partial charge in [0.1, 0.15) is 73.2 Å². The minimum atomic E-state index is -1.97. The Bertz CT molecular complexity index is 1670. The highest BCUT2D eigenvalue weighted by Crippen LogP contribution is 2.33. The van der Waals surface area contributed by atoms with Crippen molar-refractivity contribution in [3.05, 3.63) is 0 Å². The Labute approximate surface area is 557 Å². The van der Waals surface area contributed by atoms with E-state index in [1.54, 1.807) is 0 Å². The molecular formula is C73H141NO18. The second kappa shape index (κ2) is 55.6. The molecule has 3 heterocycles. The van der Waals surface area contributed by atoms with Gasteiger partial charge < -0.3 is 89.9 Å². The number of carbonyl (C=O) groups is 1. The number of ether oxygens (including phenoxy) is 6. The number of rotatable bonds is 61. The molecule has 3 aliphatic rings. The molecule has 0 aromatic rings. The molecule has 0 spiro atoms. The lowest BCUT2D eigenvalue weighted by Crippen LogP contribution is -2.66. The van der Waals surface area contributed by atoms with E-state index in [4.69, 9.17) is 28.4 Å². The molecule has 0 aromatic carbocycles. The van der Waals surface area contributed by atoms with Crippen molar-refractivity contribution in [1.82, 2.24) is 5.32 Å². The molecule has 546 valence electrons. The molecule has 0 aromatic heterocycles. The van der Waals surface area contributed by atoms with Gasteiger partial charge in [-0.05, 0) is 12.8 Å². The first kappa shape index (κ1) is 85.0. The Hall–Kier alpha value is -1.21. The molecule has 92 heavy (non-hydrogen) atoms. The fourth-order valence-electron chi connectivity index (χ4n) is 13.5. The molecule has 0 saturated carbocycles. The summed E-state index contributed by atoms with van der Waals surface area (Å²) in [5.74, 6) is -0.235. The SMILES string of the molecule is CCCCCCCCCCCCCCCCCCCCCCCCCCCCCCCCCCCC(=O)NC(COC1OC(CO)C(OC2OC(CO)C(OC3OC(CO)C(O)C(O)C3O)C(O)C2O)C(O)C1O)C(O)CCCCCCCCCCCCCCCC. The number of hydrogen-bond donors (Lipinski definition) is 12. The van der Waals surface area contributed by atoms with Gasteiger partial charge in [0.15, 0.2) is 18.9 Å². The van der Waals surface area contributed by atoms with E-state index in [1.807, 2.05) is 0 Å². The average Bonchev–Trinajstić information content (AvgIpc) is 0.840. The van der Waals surface area contributed by atoms with Gasteiger partial charge in [-0.25, -0.2) is 0 Å². The summed E-state index contributed by atoms with van der Waals surface area (Å²) in [5.41, 5.74) is 0. The zero-order valence-electron chi connectivity index (χ0n) is 58.1. The van der Waals surface area contributed by atoms with Crippen LogP contribution in [0.4, 0.5) is 0 Å². The van der Waals surface area contributed by atoms with Crippen molar-refractivity contribution >= 4 is 5.91 Å². The fraction of sp³-hybridized carbons (Fsp3) is 0.986. The predicted molar refractivity (Wildman–Crippen MR) is 361 cm³/mol. The Morgan fingerprint density at radius 3 is 0.946 bits per heavy atom. The zero-order valence-corrected chi connectivity index (χ0v) is 58.1. The van der Waals surface area contributed by atoms with Crippen LogP contribution in [0.1, 0.15) is 328 Å². The van der Waals surface area contributed by atoms with Crippen molar-refractivity contribution in [2.45, 2.75) is 433 Å². The van der Waals surface area contributed by atoms with Crippen molar-refractivity contribution in [2.24, 2.45) is 0 Å². The van der Waals surface area contributed by atoms with Gasteiger partial charge in [-0.3, -0.25) is 4.79 Å². The van der Waals surface area contributed by atoms with Crippen molar-refractivity contribution in [2.75, 3.05) is 26.4 Å². The summed E-state index contributed by atoms with van der Waals surface area (Å²) >= 11 is 0. The normalized spacial score (nSPS) is 27.6. The summed E-state index contributed by atoms with van der Waals surface area (Å²) in [6, 6.07) is -0.881. The van der Waals surface area contributed by atoms with E-state index in [9.17, 15) is 61.0 Å². The maximum absolute atomic E-state index is 13.4. The van der Waals surface area contributed by atoms with E-state index in [1.165, 1.54) is 250 Å². The molecule has 19 heteroatoms. The van der Waals surface area contributed by atoms with Crippen LogP contribution < -0.4 is 5.32 Å². The Kier molecular flexibility index (Phi) is 51.4. The predicted octanol–water partition coefficient (Wildman–Crippen LogP) is 11.5. The minimum Gasteiger partial charge on any atom is -0.394 e. The first-order valence-corrected chi connectivity index (χ1v) is 38.3. The number of nitrogens with one attached hydrogen (secondary N) is 1. The summed E-state index contributed by atoms with van der Waals surface area (Å²) in [7, 11) is 0. The average molecular weight is 1320 g/mol. The highest BCUT2D eigenvalue weighted by atomic mass is 16.8. The molecule has 0 radical (unpaired) electrons. The van der Waals surface area contributed by atoms with E-state index in [2.05, 4.69) is 19.2 Å². The van der Waals surface area contributed by atoms with Crippen LogP contribution in [0, 0.1) is 0 Å². The first-order chi connectivity index (χ1) is 44.8. The summed E-state index contributed by atoms with van der Waals surface area (Å²) in [4.78, 5) is 13.4. The van der Waals surface area contributed by atoms with Crippen LogP contribution in [-0.4, -0.2) is 193 Å². The summed E-state index contributed by atoms with van der Waals surface area (Å²) < 4.78 is 34.4. The van der Waals surface area contributed by atoms with Crippen LogP contribution in [0.3, 0.4) is 0 Å². The van der Waals surface area contributed by atoms with E-state index in [0.717, 1.165) is 44.9 Å². The third-order valence-electron chi connectivity index (χ3n) is 19.7. The third kappa shape index (κ3) is 36.6. The molecule has 3 saturated heterocycles. The second-order valence-corrected chi connectivity index (χ2v) is 27.8. The molecule has 17 unspecified atom stereocenters. The first-order valence-electron chi connectivity index (χ1n) is 38.3. The molecule has 19 nitrogen and oxygen atoms in total. The van der Waals surface area contributed by atoms with Gasteiger partial charge in [0.05, 0.1) is 38.6 Å². The van der Waals surface area contributed by atoms with E-state index in [0.29, 0.717) is 12.8 Å². The molecule has 12 N–H and O–H groups in total. The lowest BCUT2D eigenvalue weighted by Gasteiger charge is -2.48. The third-order valence-corrected chi connectivity index (χ3v) is 19.7. The van der Waals surface area contributed by atoms with Crippen LogP contribution in [0.5, 0.6) is 0 Å². The van der Waals surface area contributed by atoms with Crippen LogP contribution in [0.15, 0.2) is 0 Å². The Morgan fingerprint density at radius 1 is 0.348 bits per heavy atom. The second-order valence-electron chi connectivity index (χ2n) is 27.8. The van der Waals surface area contributed by atoms with Crippen molar-refractivity contribution in [1.29, 1.82) is 0 Å². The smallest absolute Gasteiger partial charge is 0.220 e. The van der Waals surface area contributed by atoms with Crippen molar-refractivity contribution < 1.29 is 89.4 Å². The molecular weight excluding hydrogens is 1180 g/mol. The summed E-state index contributed by atoms with van der Waals surface area (Å²) in [5, 5.41) is 121. The molecule has 3 rings (SSSR count). The number of aliphatic hydroxyl groups is 11. The lowest BCUT2D eigenvalue weighted by molar-refractivity contribution is -0.379. The number of hydrogen-bond acceptors (Lipinski definition) is 18. The molecule has 1 amide bonds. The van der Waals surface area contributed by atoms with Crippen molar-refractivity contribution in [3.8, 4) is 0 Å². The number of amides is 1. The van der Waals surface area contributed by atoms with E-state index < -0.39 is 124 Å². The maximum Gasteiger partial charge on any atom is 0.220 e. The highest BCUT2D eigenvalue weighted by Gasteiger charge is 2.53.